The lowest BCUT2D eigenvalue weighted by Gasteiger charge is -2.11. The van der Waals surface area contributed by atoms with Crippen LogP contribution in [-0.2, 0) is 11.2 Å². The average Bonchev–Trinajstić information content (AvgIpc) is 2.87. The molecule has 4 nitrogen and oxygen atoms in total. The van der Waals surface area contributed by atoms with Gasteiger partial charge in [-0.2, -0.15) is 0 Å². The summed E-state index contributed by atoms with van der Waals surface area (Å²) in [7, 11) is 1.68. The molecule has 1 fully saturated rings. The van der Waals surface area contributed by atoms with Crippen LogP contribution in [0.25, 0.3) is 0 Å². The molecule has 4 heteroatoms. The molecular weight excluding hydrogens is 252 g/mol. The lowest BCUT2D eigenvalue weighted by Crippen LogP contribution is -2.31. The number of hydrogen-bond acceptors (Lipinski definition) is 3. The molecule has 0 spiro atoms. The molecule has 2 unspecified atom stereocenters. The van der Waals surface area contributed by atoms with Crippen LogP contribution in [0.15, 0.2) is 18.2 Å². The summed E-state index contributed by atoms with van der Waals surface area (Å²) < 4.78 is 5.30. The first-order chi connectivity index (χ1) is 9.60. The predicted molar refractivity (Wildman–Crippen MR) is 79.8 cm³/mol. The number of benzene rings is 1. The van der Waals surface area contributed by atoms with Crippen molar-refractivity contribution in [2.75, 3.05) is 13.7 Å². The van der Waals surface area contributed by atoms with E-state index in [0.717, 1.165) is 37.0 Å². The number of aryl methyl sites for hydroxylation is 1. The molecule has 2 rings (SSSR count). The van der Waals surface area contributed by atoms with Crippen LogP contribution in [0.2, 0.25) is 0 Å². The Morgan fingerprint density at radius 1 is 1.45 bits per heavy atom. The summed E-state index contributed by atoms with van der Waals surface area (Å²) in [4.78, 5) is 12.0. The second kappa shape index (κ2) is 6.75. The quantitative estimate of drug-likeness (QED) is 0.861. The van der Waals surface area contributed by atoms with Crippen molar-refractivity contribution in [3.63, 3.8) is 0 Å². The van der Waals surface area contributed by atoms with E-state index in [1.807, 2.05) is 19.1 Å². The van der Waals surface area contributed by atoms with E-state index in [-0.39, 0.29) is 17.9 Å². The Balaban J connectivity index is 1.79. The molecule has 1 aliphatic carbocycles. The van der Waals surface area contributed by atoms with E-state index in [0.29, 0.717) is 6.54 Å². The Morgan fingerprint density at radius 2 is 2.25 bits per heavy atom. The van der Waals surface area contributed by atoms with Crippen LogP contribution in [0.5, 0.6) is 5.75 Å². The third-order valence-corrected chi connectivity index (χ3v) is 4.03. The second-order valence-electron chi connectivity index (χ2n) is 5.62. The molecule has 0 aliphatic heterocycles. The van der Waals surface area contributed by atoms with Crippen molar-refractivity contribution >= 4 is 5.91 Å². The third kappa shape index (κ3) is 3.73. The predicted octanol–water partition coefficient (Wildman–Crippen LogP) is 1.79. The molecule has 2 atom stereocenters. The van der Waals surface area contributed by atoms with Gasteiger partial charge < -0.3 is 15.8 Å². The summed E-state index contributed by atoms with van der Waals surface area (Å²) in [6.07, 6.45) is 3.53. The van der Waals surface area contributed by atoms with Crippen LogP contribution >= 0.6 is 0 Å². The van der Waals surface area contributed by atoms with E-state index >= 15 is 0 Å². The van der Waals surface area contributed by atoms with Crippen molar-refractivity contribution in [1.29, 1.82) is 0 Å². The SMILES string of the molecule is COc1cc(CCNC(=O)C2CCC(N)C2)ccc1C. The summed E-state index contributed by atoms with van der Waals surface area (Å²) >= 11 is 0. The Labute approximate surface area is 120 Å². The smallest absolute Gasteiger partial charge is 0.223 e. The maximum absolute atomic E-state index is 12.0. The average molecular weight is 276 g/mol. The highest BCUT2D eigenvalue weighted by Crippen LogP contribution is 2.24. The number of nitrogens with one attached hydrogen (secondary N) is 1. The van der Waals surface area contributed by atoms with E-state index in [4.69, 9.17) is 10.5 Å². The highest BCUT2D eigenvalue weighted by Gasteiger charge is 2.27. The zero-order valence-corrected chi connectivity index (χ0v) is 12.3. The minimum atomic E-state index is 0.109. The Kier molecular flexibility index (Phi) is 5.01. The van der Waals surface area contributed by atoms with Crippen LogP contribution in [0.1, 0.15) is 30.4 Å². The van der Waals surface area contributed by atoms with Crippen LogP contribution in [0, 0.1) is 12.8 Å². The molecule has 1 aromatic rings. The molecule has 1 amide bonds. The first kappa shape index (κ1) is 14.9. The molecule has 0 saturated heterocycles. The Bertz CT molecular complexity index is 474. The van der Waals surface area contributed by atoms with Gasteiger partial charge in [-0.3, -0.25) is 4.79 Å². The van der Waals surface area contributed by atoms with Gasteiger partial charge in [0.15, 0.2) is 0 Å². The summed E-state index contributed by atoms with van der Waals surface area (Å²) in [6, 6.07) is 6.36. The first-order valence-electron chi connectivity index (χ1n) is 7.27. The molecule has 0 aromatic heterocycles. The van der Waals surface area contributed by atoms with E-state index in [1.54, 1.807) is 7.11 Å². The zero-order valence-electron chi connectivity index (χ0n) is 12.3. The standard InChI is InChI=1S/C16H24N2O2/c1-11-3-4-12(9-15(11)20-2)7-8-18-16(19)13-5-6-14(17)10-13/h3-4,9,13-14H,5-8,10,17H2,1-2H3,(H,18,19). The fourth-order valence-corrected chi connectivity index (χ4v) is 2.75. The fraction of sp³-hybridized carbons (Fsp3) is 0.562. The molecule has 110 valence electrons. The number of methoxy groups -OCH3 is 1. The Hall–Kier alpha value is -1.55. The van der Waals surface area contributed by atoms with Gasteiger partial charge in [0.05, 0.1) is 7.11 Å². The highest BCUT2D eigenvalue weighted by molar-refractivity contribution is 5.79. The molecule has 0 heterocycles. The molecule has 20 heavy (non-hydrogen) atoms. The number of nitrogens with two attached hydrogens (primary N) is 1. The minimum Gasteiger partial charge on any atom is -0.496 e. The van der Waals surface area contributed by atoms with Gasteiger partial charge in [0.1, 0.15) is 5.75 Å². The number of hydrogen-bond donors (Lipinski definition) is 2. The minimum absolute atomic E-state index is 0.109. The lowest BCUT2D eigenvalue weighted by molar-refractivity contribution is -0.124. The van der Waals surface area contributed by atoms with E-state index < -0.39 is 0 Å². The number of amides is 1. The number of carbonyl (C=O) groups is 1. The zero-order chi connectivity index (χ0) is 14.5. The highest BCUT2D eigenvalue weighted by atomic mass is 16.5. The van der Waals surface area contributed by atoms with E-state index in [2.05, 4.69) is 11.4 Å². The van der Waals surface area contributed by atoms with Crippen LogP contribution in [0.4, 0.5) is 0 Å². The van der Waals surface area contributed by atoms with Crippen molar-refractivity contribution < 1.29 is 9.53 Å². The van der Waals surface area contributed by atoms with Gasteiger partial charge >= 0.3 is 0 Å². The van der Waals surface area contributed by atoms with Gasteiger partial charge in [-0.25, -0.2) is 0 Å². The molecular formula is C16H24N2O2. The maximum atomic E-state index is 12.0. The van der Waals surface area contributed by atoms with Crippen molar-refractivity contribution in [1.82, 2.24) is 5.32 Å². The van der Waals surface area contributed by atoms with Crippen molar-refractivity contribution in [2.24, 2.45) is 11.7 Å². The summed E-state index contributed by atoms with van der Waals surface area (Å²) in [5.74, 6) is 1.16. The summed E-state index contributed by atoms with van der Waals surface area (Å²) in [5.41, 5.74) is 8.14. The van der Waals surface area contributed by atoms with Crippen molar-refractivity contribution in [3.8, 4) is 5.75 Å². The van der Waals surface area contributed by atoms with Gasteiger partial charge in [-0.05, 0) is 49.8 Å². The second-order valence-corrected chi connectivity index (χ2v) is 5.62. The summed E-state index contributed by atoms with van der Waals surface area (Å²) in [5, 5.41) is 3.01. The van der Waals surface area contributed by atoms with Gasteiger partial charge in [0.2, 0.25) is 5.91 Å². The van der Waals surface area contributed by atoms with Gasteiger partial charge in [0, 0.05) is 18.5 Å². The van der Waals surface area contributed by atoms with Gasteiger partial charge in [-0.1, -0.05) is 12.1 Å². The van der Waals surface area contributed by atoms with Crippen LogP contribution in [-0.4, -0.2) is 25.6 Å². The van der Waals surface area contributed by atoms with Crippen molar-refractivity contribution in [3.05, 3.63) is 29.3 Å². The molecule has 1 aromatic carbocycles. The summed E-state index contributed by atoms with van der Waals surface area (Å²) in [6.45, 7) is 2.69. The molecule has 1 aliphatic rings. The van der Waals surface area contributed by atoms with Crippen LogP contribution in [0.3, 0.4) is 0 Å². The number of carbonyl (C=O) groups excluding carboxylic acids is 1. The third-order valence-electron chi connectivity index (χ3n) is 4.03. The largest absolute Gasteiger partial charge is 0.496 e. The lowest BCUT2D eigenvalue weighted by atomic mass is 10.1. The maximum Gasteiger partial charge on any atom is 0.223 e. The Morgan fingerprint density at radius 3 is 2.90 bits per heavy atom. The number of rotatable bonds is 5. The van der Waals surface area contributed by atoms with Crippen molar-refractivity contribution in [2.45, 2.75) is 38.6 Å². The van der Waals surface area contributed by atoms with E-state index in [1.165, 1.54) is 5.56 Å². The molecule has 0 bridgehead atoms. The normalized spacial score (nSPS) is 21.8. The van der Waals surface area contributed by atoms with E-state index in [9.17, 15) is 4.79 Å². The molecule has 3 N–H and O–H groups in total. The van der Waals surface area contributed by atoms with Crippen LogP contribution < -0.4 is 15.8 Å². The number of ether oxygens (including phenoxy) is 1. The van der Waals surface area contributed by atoms with Gasteiger partial charge in [-0.15, -0.1) is 0 Å². The fourth-order valence-electron chi connectivity index (χ4n) is 2.75. The molecule has 1 saturated carbocycles. The first-order valence-corrected chi connectivity index (χ1v) is 7.27. The van der Waals surface area contributed by atoms with Gasteiger partial charge in [0.25, 0.3) is 0 Å². The monoisotopic (exact) mass is 276 g/mol. The molecule has 0 radical (unpaired) electrons. The topological polar surface area (TPSA) is 64.3 Å².